The van der Waals surface area contributed by atoms with Crippen molar-refractivity contribution in [3.63, 3.8) is 0 Å². The molecule has 1 aromatic heterocycles. The predicted octanol–water partition coefficient (Wildman–Crippen LogP) is 3.78. The van der Waals surface area contributed by atoms with Gasteiger partial charge in [0.15, 0.2) is 0 Å². The molecule has 8 nitrogen and oxygen atoms in total. The third-order valence-corrected chi connectivity index (χ3v) is 9.17. The number of aromatic amines is 1. The van der Waals surface area contributed by atoms with Crippen molar-refractivity contribution < 1.29 is 23.5 Å². The lowest BCUT2D eigenvalue weighted by Gasteiger charge is -2.37. The fraction of sp³-hybridized carbons (Fsp3) is 0.567. The van der Waals surface area contributed by atoms with Crippen LogP contribution < -0.4 is 10.6 Å². The lowest BCUT2D eigenvalue weighted by Crippen LogP contribution is -2.57. The molecule has 3 fully saturated rings. The number of benzene rings is 1. The van der Waals surface area contributed by atoms with Gasteiger partial charge < -0.3 is 25.3 Å². The molecule has 2 amide bonds. The number of fused-ring (bicyclic) bond motifs is 2. The average Bonchev–Trinajstić information content (AvgIpc) is 3.66. The van der Waals surface area contributed by atoms with Gasteiger partial charge in [0.25, 0.3) is 0 Å². The molecule has 2 saturated carbocycles. The summed E-state index contributed by atoms with van der Waals surface area (Å²) in [7, 11) is 3.10. The first-order valence-corrected chi connectivity index (χ1v) is 14.2. The van der Waals surface area contributed by atoms with Crippen molar-refractivity contribution in [2.24, 2.45) is 11.8 Å². The van der Waals surface area contributed by atoms with Crippen molar-refractivity contribution in [1.29, 1.82) is 0 Å². The van der Waals surface area contributed by atoms with Crippen LogP contribution in [0.4, 0.5) is 4.39 Å². The molecule has 5 unspecified atom stereocenters. The van der Waals surface area contributed by atoms with E-state index in [-0.39, 0.29) is 41.4 Å². The maximum Gasteiger partial charge on any atom is 0.330 e. The van der Waals surface area contributed by atoms with E-state index in [1.165, 1.54) is 19.2 Å². The van der Waals surface area contributed by atoms with Gasteiger partial charge >= 0.3 is 5.97 Å². The maximum absolute atomic E-state index is 14.4. The summed E-state index contributed by atoms with van der Waals surface area (Å²) in [6.07, 6.45) is 9.92. The van der Waals surface area contributed by atoms with Crippen LogP contribution in [0.1, 0.15) is 63.4 Å². The van der Waals surface area contributed by atoms with E-state index >= 15 is 0 Å². The number of nitrogens with zero attached hydrogens (tertiary/aromatic N) is 1. The Hall–Kier alpha value is -3.20. The van der Waals surface area contributed by atoms with Gasteiger partial charge in [-0.25, -0.2) is 9.18 Å². The van der Waals surface area contributed by atoms with Gasteiger partial charge in [0.1, 0.15) is 11.9 Å². The number of amides is 2. The Balaban J connectivity index is 1.51. The Labute approximate surface area is 228 Å². The molecule has 1 aliphatic heterocycles. The van der Waals surface area contributed by atoms with Crippen molar-refractivity contribution >= 4 is 28.7 Å². The monoisotopic (exact) mass is 538 g/mol. The molecule has 5 atom stereocenters. The molecule has 1 aromatic carbocycles. The van der Waals surface area contributed by atoms with Crippen LogP contribution in [0.2, 0.25) is 0 Å². The second-order valence-corrected chi connectivity index (χ2v) is 11.3. The number of carbonyl (C=O) groups is 3. The fourth-order valence-electron chi connectivity index (χ4n) is 7.04. The molecular formula is C30H39FN4O4. The van der Waals surface area contributed by atoms with Gasteiger partial charge in [-0.15, -0.1) is 0 Å². The van der Waals surface area contributed by atoms with Crippen LogP contribution in [-0.4, -0.2) is 66.5 Å². The highest BCUT2D eigenvalue weighted by molar-refractivity contribution is 5.91. The largest absolute Gasteiger partial charge is 0.466 e. The van der Waals surface area contributed by atoms with Gasteiger partial charge in [0.05, 0.1) is 13.2 Å². The Kier molecular flexibility index (Phi) is 8.07. The number of likely N-dealkylation sites (N-methyl/N-ethyl adjacent to an activating group) is 1. The van der Waals surface area contributed by atoms with Gasteiger partial charge in [-0.2, -0.15) is 0 Å². The minimum atomic E-state index is -0.585. The minimum absolute atomic E-state index is 0.0161. The highest BCUT2D eigenvalue weighted by Gasteiger charge is 2.51. The molecule has 39 heavy (non-hydrogen) atoms. The fourth-order valence-corrected chi connectivity index (χ4v) is 7.04. The number of hydrogen-bond donors (Lipinski definition) is 3. The molecule has 210 valence electrons. The zero-order valence-electron chi connectivity index (χ0n) is 23.0. The highest BCUT2D eigenvalue weighted by Crippen LogP contribution is 2.51. The molecule has 2 heterocycles. The number of ether oxygens (including phenoxy) is 1. The van der Waals surface area contributed by atoms with Crippen LogP contribution in [0.3, 0.4) is 0 Å². The number of nitrogens with one attached hydrogen (secondary N) is 3. The van der Waals surface area contributed by atoms with Crippen LogP contribution in [-0.2, 0) is 19.1 Å². The lowest BCUT2D eigenvalue weighted by atomic mass is 9.82. The van der Waals surface area contributed by atoms with E-state index in [1.807, 2.05) is 11.1 Å². The summed E-state index contributed by atoms with van der Waals surface area (Å²) in [4.78, 5) is 44.7. The molecule has 9 heteroatoms. The Bertz CT molecular complexity index is 1270. The number of rotatable bonds is 7. The SMILES string of the molecule is CNC(C)C(=O)NC(C(=O)N1CCC2C(=CC(=O)OC)CC(c3c[nH]c4cc(F)ccc34)C21)C1CCCCC1. The number of halogens is 1. The Morgan fingerprint density at radius 2 is 1.92 bits per heavy atom. The van der Waals surface area contributed by atoms with Gasteiger partial charge in [0.2, 0.25) is 11.8 Å². The van der Waals surface area contributed by atoms with Crippen molar-refractivity contribution in [1.82, 2.24) is 20.5 Å². The Morgan fingerprint density at radius 1 is 1.15 bits per heavy atom. The first kappa shape index (κ1) is 27.4. The molecule has 0 spiro atoms. The van der Waals surface area contributed by atoms with Crippen LogP contribution in [0.25, 0.3) is 10.9 Å². The summed E-state index contributed by atoms with van der Waals surface area (Å²) < 4.78 is 18.9. The van der Waals surface area contributed by atoms with E-state index in [9.17, 15) is 18.8 Å². The first-order valence-electron chi connectivity index (χ1n) is 14.2. The maximum atomic E-state index is 14.4. The molecular weight excluding hydrogens is 499 g/mol. The minimum Gasteiger partial charge on any atom is -0.466 e. The lowest BCUT2D eigenvalue weighted by molar-refractivity contribution is -0.139. The van der Waals surface area contributed by atoms with Gasteiger partial charge in [-0.1, -0.05) is 24.8 Å². The summed E-state index contributed by atoms with van der Waals surface area (Å²) in [6.45, 7) is 2.35. The van der Waals surface area contributed by atoms with Crippen molar-refractivity contribution in [2.45, 2.75) is 75.9 Å². The molecule has 2 aromatic rings. The highest BCUT2D eigenvalue weighted by atomic mass is 19.1. The zero-order chi connectivity index (χ0) is 27.7. The van der Waals surface area contributed by atoms with Gasteiger partial charge in [-0.3, -0.25) is 9.59 Å². The number of esters is 1. The molecule has 3 aliphatic rings. The van der Waals surface area contributed by atoms with E-state index in [4.69, 9.17) is 4.74 Å². The number of hydrogen-bond acceptors (Lipinski definition) is 5. The van der Waals surface area contributed by atoms with Crippen molar-refractivity contribution in [2.75, 3.05) is 20.7 Å². The number of aromatic nitrogens is 1. The van der Waals surface area contributed by atoms with Crippen LogP contribution in [0.15, 0.2) is 36.0 Å². The molecule has 3 N–H and O–H groups in total. The van der Waals surface area contributed by atoms with E-state index < -0.39 is 18.1 Å². The standard InChI is InChI=1S/C30H39FN4O4/c1-17(32-2)29(37)34-27(18-7-5-4-6-8-18)30(38)35-12-11-21-19(14-26(36)39-3)13-23(28(21)35)24-16-33-25-15-20(31)9-10-22(24)25/h9-10,14-18,21,23,27-28,32-33H,4-8,11-13H2,1-3H3,(H,34,37). The predicted molar refractivity (Wildman–Crippen MR) is 146 cm³/mol. The molecule has 2 aliphatic carbocycles. The van der Waals surface area contributed by atoms with Gasteiger partial charge in [0, 0.05) is 47.6 Å². The van der Waals surface area contributed by atoms with Crippen molar-refractivity contribution in [3.8, 4) is 0 Å². The Morgan fingerprint density at radius 3 is 2.64 bits per heavy atom. The summed E-state index contributed by atoms with van der Waals surface area (Å²) in [5.41, 5.74) is 2.69. The molecule has 0 bridgehead atoms. The zero-order valence-corrected chi connectivity index (χ0v) is 23.0. The van der Waals surface area contributed by atoms with Gasteiger partial charge in [-0.05, 0) is 69.3 Å². The first-order chi connectivity index (χ1) is 18.8. The topological polar surface area (TPSA) is 104 Å². The van der Waals surface area contributed by atoms with E-state index in [0.29, 0.717) is 18.5 Å². The number of likely N-dealkylation sites (tertiary alicyclic amines) is 1. The summed E-state index contributed by atoms with van der Waals surface area (Å²) in [5, 5.41) is 6.99. The summed E-state index contributed by atoms with van der Waals surface area (Å²) in [5.74, 6) is -0.891. The third kappa shape index (κ3) is 5.33. The molecule has 1 saturated heterocycles. The van der Waals surface area contributed by atoms with Crippen molar-refractivity contribution in [3.05, 3.63) is 47.4 Å². The normalized spacial score (nSPS) is 26.0. The smallest absolute Gasteiger partial charge is 0.330 e. The van der Waals surface area contributed by atoms with E-state index in [2.05, 4.69) is 15.6 Å². The quantitative estimate of drug-likeness (QED) is 0.368. The summed E-state index contributed by atoms with van der Waals surface area (Å²) >= 11 is 0. The van der Waals surface area contributed by atoms with Crippen LogP contribution >= 0.6 is 0 Å². The number of H-pyrrole nitrogens is 1. The van der Waals surface area contributed by atoms with E-state index in [0.717, 1.165) is 55.0 Å². The van der Waals surface area contributed by atoms with Crippen LogP contribution in [0, 0.1) is 17.7 Å². The van der Waals surface area contributed by atoms with Crippen LogP contribution in [0.5, 0.6) is 0 Å². The average molecular weight is 539 g/mol. The van der Waals surface area contributed by atoms with E-state index in [1.54, 1.807) is 26.1 Å². The molecule has 5 rings (SSSR count). The number of carbonyl (C=O) groups excluding carboxylic acids is 3. The second-order valence-electron chi connectivity index (χ2n) is 11.3. The summed E-state index contributed by atoms with van der Waals surface area (Å²) in [6, 6.07) is 3.55. The number of methoxy groups -OCH3 is 1. The second kappa shape index (κ2) is 11.5. The third-order valence-electron chi connectivity index (χ3n) is 9.17. The molecule has 0 radical (unpaired) electrons.